The second kappa shape index (κ2) is 4.69. The Hall–Kier alpha value is -1.31. The van der Waals surface area contributed by atoms with Crippen molar-refractivity contribution < 1.29 is 0 Å². The third-order valence-corrected chi connectivity index (χ3v) is 2.77. The zero-order chi connectivity index (χ0) is 11.5. The Morgan fingerprint density at radius 1 is 1.50 bits per heavy atom. The number of rotatable bonds is 3. The summed E-state index contributed by atoms with van der Waals surface area (Å²) < 4.78 is 2.80. The molecule has 0 amide bonds. The van der Waals surface area contributed by atoms with E-state index < -0.39 is 0 Å². The van der Waals surface area contributed by atoms with Crippen molar-refractivity contribution in [2.45, 2.75) is 6.54 Å². The van der Waals surface area contributed by atoms with Crippen molar-refractivity contribution in [2.24, 2.45) is 7.05 Å². The molecule has 6 heteroatoms. The van der Waals surface area contributed by atoms with Crippen LogP contribution in [0.2, 0.25) is 0 Å². The highest BCUT2D eigenvalue weighted by molar-refractivity contribution is 14.1. The maximum atomic E-state index is 5.88. The molecule has 5 nitrogen and oxygen atoms in total. The lowest BCUT2D eigenvalue weighted by atomic mass is 10.3. The summed E-state index contributed by atoms with van der Waals surface area (Å²) in [5.74, 6) is 0.750. The molecule has 2 aromatic rings. The third-order valence-electron chi connectivity index (χ3n) is 2.10. The molecule has 1 aromatic heterocycles. The van der Waals surface area contributed by atoms with Crippen molar-refractivity contribution in [3.63, 3.8) is 0 Å². The molecule has 1 heterocycles. The molecular formula is C10H12IN5. The molecule has 84 valence electrons. The van der Waals surface area contributed by atoms with Gasteiger partial charge in [-0.15, -0.1) is 0 Å². The van der Waals surface area contributed by atoms with Gasteiger partial charge in [0.2, 0.25) is 0 Å². The predicted octanol–water partition coefficient (Wildman–Crippen LogP) is 1.61. The molecule has 0 aliphatic heterocycles. The first-order valence-electron chi connectivity index (χ1n) is 4.78. The molecule has 0 atom stereocenters. The molecule has 0 bridgehead atoms. The fourth-order valence-electron chi connectivity index (χ4n) is 1.33. The number of nitrogens with two attached hydrogens (primary N) is 1. The van der Waals surface area contributed by atoms with Crippen LogP contribution in [0.3, 0.4) is 0 Å². The second-order valence-electron chi connectivity index (χ2n) is 3.42. The number of nitrogens with one attached hydrogen (secondary N) is 1. The van der Waals surface area contributed by atoms with Crippen molar-refractivity contribution in [3.05, 3.63) is 33.9 Å². The molecule has 1 aromatic carbocycles. The van der Waals surface area contributed by atoms with Crippen molar-refractivity contribution >= 4 is 34.0 Å². The Bertz CT molecular complexity index is 494. The monoisotopic (exact) mass is 329 g/mol. The lowest BCUT2D eigenvalue weighted by Crippen LogP contribution is -2.04. The van der Waals surface area contributed by atoms with Crippen molar-refractivity contribution in [1.29, 1.82) is 0 Å². The summed E-state index contributed by atoms with van der Waals surface area (Å²) >= 11 is 2.23. The average Bonchev–Trinajstić information content (AvgIpc) is 2.63. The van der Waals surface area contributed by atoms with Crippen LogP contribution in [0.25, 0.3) is 0 Å². The fourth-order valence-corrected chi connectivity index (χ4v) is 1.85. The number of hydrogen-bond donors (Lipinski definition) is 2. The van der Waals surface area contributed by atoms with E-state index in [-0.39, 0.29) is 0 Å². The van der Waals surface area contributed by atoms with Gasteiger partial charge in [-0.05, 0) is 40.8 Å². The van der Waals surface area contributed by atoms with Crippen LogP contribution in [0.15, 0.2) is 24.5 Å². The quantitative estimate of drug-likeness (QED) is 0.663. The van der Waals surface area contributed by atoms with Gasteiger partial charge in [0.15, 0.2) is 5.82 Å². The van der Waals surface area contributed by atoms with Gasteiger partial charge in [0.05, 0.1) is 17.9 Å². The Labute approximate surface area is 107 Å². The molecule has 0 spiro atoms. The fraction of sp³-hybridized carbons (Fsp3) is 0.200. The normalized spacial score (nSPS) is 10.4. The molecule has 0 aliphatic carbocycles. The van der Waals surface area contributed by atoms with E-state index >= 15 is 0 Å². The average molecular weight is 329 g/mol. The molecule has 0 saturated carbocycles. The summed E-state index contributed by atoms with van der Waals surface area (Å²) in [7, 11) is 1.84. The van der Waals surface area contributed by atoms with Crippen LogP contribution in [0, 0.1) is 3.57 Å². The molecule has 0 unspecified atom stereocenters. The Kier molecular flexibility index (Phi) is 3.28. The standard InChI is InChI=1S/C10H12IN5/c1-16-6-14-10(15-16)5-13-9-3-2-7(11)4-8(9)12/h2-4,6,13H,5,12H2,1H3. The molecule has 0 radical (unpaired) electrons. The van der Waals surface area contributed by atoms with Gasteiger partial charge in [0, 0.05) is 10.6 Å². The highest BCUT2D eigenvalue weighted by Crippen LogP contribution is 2.20. The van der Waals surface area contributed by atoms with E-state index in [4.69, 9.17) is 5.73 Å². The van der Waals surface area contributed by atoms with Crippen molar-refractivity contribution in [3.8, 4) is 0 Å². The number of hydrogen-bond acceptors (Lipinski definition) is 4. The SMILES string of the molecule is Cn1cnc(CNc2ccc(I)cc2N)n1. The number of halogens is 1. The van der Waals surface area contributed by atoms with Crippen LogP contribution in [0.1, 0.15) is 5.82 Å². The van der Waals surface area contributed by atoms with E-state index in [2.05, 4.69) is 38.0 Å². The number of anilines is 2. The number of benzene rings is 1. The first-order valence-corrected chi connectivity index (χ1v) is 5.86. The first-order chi connectivity index (χ1) is 7.65. The Morgan fingerprint density at radius 3 is 2.94 bits per heavy atom. The van der Waals surface area contributed by atoms with E-state index in [0.717, 1.165) is 20.8 Å². The lowest BCUT2D eigenvalue weighted by molar-refractivity contribution is 0.747. The summed E-state index contributed by atoms with van der Waals surface area (Å²) in [6, 6.07) is 5.89. The van der Waals surface area contributed by atoms with Crippen molar-refractivity contribution in [2.75, 3.05) is 11.1 Å². The summed E-state index contributed by atoms with van der Waals surface area (Å²) in [6.07, 6.45) is 1.67. The molecule has 0 fully saturated rings. The topological polar surface area (TPSA) is 68.8 Å². The summed E-state index contributed by atoms with van der Waals surface area (Å²) in [5.41, 5.74) is 7.53. The largest absolute Gasteiger partial charge is 0.397 e. The van der Waals surface area contributed by atoms with Gasteiger partial charge in [-0.3, -0.25) is 4.68 Å². The minimum atomic E-state index is 0.575. The zero-order valence-corrected chi connectivity index (χ0v) is 11.0. The number of nitrogen functional groups attached to an aromatic ring is 1. The Morgan fingerprint density at radius 2 is 2.31 bits per heavy atom. The first kappa shape index (κ1) is 11.2. The van der Waals surface area contributed by atoms with E-state index in [1.165, 1.54) is 0 Å². The van der Waals surface area contributed by atoms with Crippen LogP contribution in [-0.4, -0.2) is 14.8 Å². The molecule has 2 rings (SSSR count). The molecule has 3 N–H and O–H groups in total. The number of nitrogens with zero attached hydrogens (tertiary/aromatic N) is 3. The van der Waals surface area contributed by atoms with E-state index in [1.807, 2.05) is 25.2 Å². The predicted molar refractivity (Wildman–Crippen MR) is 71.9 cm³/mol. The summed E-state index contributed by atoms with van der Waals surface area (Å²) in [6.45, 7) is 0.575. The summed E-state index contributed by atoms with van der Waals surface area (Å²) in [5, 5.41) is 7.38. The Balaban J connectivity index is 2.04. The summed E-state index contributed by atoms with van der Waals surface area (Å²) in [4.78, 5) is 4.13. The molecule has 0 saturated heterocycles. The third kappa shape index (κ3) is 2.63. The van der Waals surface area contributed by atoms with Gasteiger partial charge >= 0.3 is 0 Å². The smallest absolute Gasteiger partial charge is 0.169 e. The van der Waals surface area contributed by atoms with Gasteiger partial charge in [-0.2, -0.15) is 5.10 Å². The van der Waals surface area contributed by atoms with Gasteiger partial charge < -0.3 is 11.1 Å². The second-order valence-corrected chi connectivity index (χ2v) is 4.67. The highest BCUT2D eigenvalue weighted by Gasteiger charge is 2.01. The van der Waals surface area contributed by atoms with Gasteiger partial charge in [0.1, 0.15) is 6.33 Å². The van der Waals surface area contributed by atoms with Crippen LogP contribution < -0.4 is 11.1 Å². The zero-order valence-electron chi connectivity index (χ0n) is 8.81. The molecule has 0 aliphatic rings. The van der Waals surface area contributed by atoms with Crippen molar-refractivity contribution in [1.82, 2.24) is 14.8 Å². The number of aromatic nitrogens is 3. The van der Waals surface area contributed by atoms with Crippen LogP contribution in [-0.2, 0) is 13.6 Å². The van der Waals surface area contributed by atoms with Crippen LogP contribution in [0.5, 0.6) is 0 Å². The minimum Gasteiger partial charge on any atom is -0.397 e. The van der Waals surface area contributed by atoms with E-state index in [0.29, 0.717) is 6.54 Å². The van der Waals surface area contributed by atoms with Gasteiger partial charge in [-0.25, -0.2) is 4.98 Å². The highest BCUT2D eigenvalue weighted by atomic mass is 127. The van der Waals surface area contributed by atoms with E-state index in [9.17, 15) is 0 Å². The van der Waals surface area contributed by atoms with Crippen LogP contribution >= 0.6 is 22.6 Å². The maximum Gasteiger partial charge on any atom is 0.169 e. The minimum absolute atomic E-state index is 0.575. The lowest BCUT2D eigenvalue weighted by Gasteiger charge is -2.07. The van der Waals surface area contributed by atoms with Gasteiger partial charge in [0.25, 0.3) is 0 Å². The van der Waals surface area contributed by atoms with Crippen LogP contribution in [0.4, 0.5) is 11.4 Å². The molecule has 16 heavy (non-hydrogen) atoms. The number of aryl methyl sites for hydroxylation is 1. The van der Waals surface area contributed by atoms with E-state index in [1.54, 1.807) is 11.0 Å². The van der Waals surface area contributed by atoms with Gasteiger partial charge in [-0.1, -0.05) is 0 Å². The maximum absolute atomic E-state index is 5.88. The molecular weight excluding hydrogens is 317 g/mol.